The summed E-state index contributed by atoms with van der Waals surface area (Å²) in [6.45, 7) is 7.77. The molecule has 6 nitrogen and oxygen atoms in total. The van der Waals surface area contributed by atoms with Gasteiger partial charge < -0.3 is 20.6 Å². The van der Waals surface area contributed by atoms with Gasteiger partial charge in [-0.1, -0.05) is 31.0 Å². The lowest BCUT2D eigenvalue weighted by atomic mass is 9.85. The summed E-state index contributed by atoms with van der Waals surface area (Å²) in [6.07, 6.45) is 5.79. The molecule has 2 atom stereocenters. The molecule has 0 spiro atoms. The summed E-state index contributed by atoms with van der Waals surface area (Å²) >= 11 is 0. The van der Waals surface area contributed by atoms with Crippen molar-refractivity contribution in [3.8, 4) is 0 Å². The van der Waals surface area contributed by atoms with E-state index in [-0.39, 0.29) is 18.1 Å². The summed E-state index contributed by atoms with van der Waals surface area (Å²) in [6, 6.07) is 6.36. The summed E-state index contributed by atoms with van der Waals surface area (Å²) in [5, 5.41) is 16.9. The average molecular weight is 417 g/mol. The zero-order valence-corrected chi connectivity index (χ0v) is 19.2. The summed E-state index contributed by atoms with van der Waals surface area (Å²) in [5.74, 6) is 0.105. The topological polar surface area (TPSA) is 67.8 Å². The highest BCUT2D eigenvalue weighted by Gasteiger charge is 2.43. The molecule has 30 heavy (non-hydrogen) atoms. The van der Waals surface area contributed by atoms with Crippen LogP contribution in [0.25, 0.3) is 0 Å². The Hall–Kier alpha value is -1.47. The van der Waals surface area contributed by atoms with Crippen LogP contribution in [0.3, 0.4) is 0 Å². The highest BCUT2D eigenvalue weighted by molar-refractivity contribution is 5.99. The van der Waals surface area contributed by atoms with E-state index in [9.17, 15) is 9.90 Å². The van der Waals surface area contributed by atoms with Crippen LogP contribution in [0.1, 0.15) is 49.7 Å². The van der Waals surface area contributed by atoms with Crippen LogP contribution in [0.5, 0.6) is 0 Å². The number of amides is 1. The number of hydrogen-bond acceptors (Lipinski definition) is 5. The molecule has 0 radical (unpaired) electrons. The number of anilines is 1. The van der Waals surface area contributed by atoms with E-state index in [0.717, 1.165) is 75.1 Å². The van der Waals surface area contributed by atoms with Gasteiger partial charge in [0.2, 0.25) is 5.91 Å². The average Bonchev–Trinajstić information content (AvgIpc) is 2.72. The summed E-state index contributed by atoms with van der Waals surface area (Å²) in [7, 11) is 4.04. The Morgan fingerprint density at radius 3 is 2.40 bits per heavy atom. The quantitative estimate of drug-likeness (QED) is 0.637. The molecule has 1 aliphatic heterocycles. The molecule has 1 amide bonds. The molecule has 0 aromatic heterocycles. The fraction of sp³-hybridized carbons (Fsp3) is 0.708. The molecule has 1 aromatic rings. The lowest BCUT2D eigenvalue weighted by molar-refractivity contribution is -0.129. The van der Waals surface area contributed by atoms with Gasteiger partial charge >= 0.3 is 0 Å². The third-order valence-electron chi connectivity index (χ3n) is 7.25. The maximum absolute atomic E-state index is 13.4. The maximum atomic E-state index is 13.4. The van der Waals surface area contributed by atoms with Gasteiger partial charge in [0.05, 0.1) is 6.10 Å². The number of hydrogen-bond donors (Lipinski definition) is 3. The Morgan fingerprint density at radius 1 is 1.17 bits per heavy atom. The molecule has 3 N–H and O–H groups in total. The van der Waals surface area contributed by atoms with Gasteiger partial charge in [0.1, 0.15) is 5.54 Å². The zero-order chi connectivity index (χ0) is 21.7. The van der Waals surface area contributed by atoms with Crippen LogP contribution in [-0.4, -0.2) is 78.8 Å². The number of carbonyl (C=O) groups excluding carboxylic acids is 1. The first-order valence-corrected chi connectivity index (χ1v) is 11.5. The van der Waals surface area contributed by atoms with Crippen molar-refractivity contribution >= 4 is 11.6 Å². The van der Waals surface area contributed by atoms with Gasteiger partial charge in [0.15, 0.2) is 0 Å². The first kappa shape index (κ1) is 23.2. The van der Waals surface area contributed by atoms with Crippen molar-refractivity contribution in [1.29, 1.82) is 0 Å². The van der Waals surface area contributed by atoms with Gasteiger partial charge in [-0.15, -0.1) is 0 Å². The van der Waals surface area contributed by atoms with E-state index in [1.807, 2.05) is 46.1 Å². The van der Waals surface area contributed by atoms with Gasteiger partial charge in [-0.25, -0.2) is 0 Å². The van der Waals surface area contributed by atoms with Crippen molar-refractivity contribution in [2.24, 2.45) is 0 Å². The first-order valence-electron chi connectivity index (χ1n) is 11.5. The predicted octanol–water partition coefficient (Wildman–Crippen LogP) is 2.53. The number of likely N-dealkylation sites (N-methyl/N-ethyl adjacent to an activating group) is 1. The number of rotatable bonds is 7. The first-order chi connectivity index (χ1) is 14.3. The highest BCUT2D eigenvalue weighted by atomic mass is 16.3. The number of likely N-dealkylation sites (tertiary alicyclic amines) is 1. The van der Waals surface area contributed by atoms with Crippen LogP contribution in [-0.2, 0) is 4.79 Å². The fourth-order valence-corrected chi connectivity index (χ4v) is 5.02. The molecule has 1 aromatic carbocycles. The van der Waals surface area contributed by atoms with Crippen molar-refractivity contribution in [1.82, 2.24) is 15.1 Å². The number of piperidine rings is 1. The number of nitrogens with one attached hydrogen (secondary N) is 2. The van der Waals surface area contributed by atoms with Crippen LogP contribution in [0.15, 0.2) is 18.2 Å². The standard InChI is InChI=1S/C24H40N4O2/c1-18-8-7-9-19(2)22(18)26-23(30)24(27(3)4)12-15-28(16-13-24)17-14-25-20-10-5-6-11-21(20)29/h7-9,20-21,25,29H,5-6,10-17H2,1-4H3,(H,26,30)/t20-,21-/m1/s1. The normalized spacial score (nSPS) is 24.7. The highest BCUT2D eigenvalue weighted by Crippen LogP contribution is 2.30. The van der Waals surface area contributed by atoms with Gasteiger partial charge in [-0.3, -0.25) is 9.69 Å². The van der Waals surface area contributed by atoms with E-state index in [1.54, 1.807) is 0 Å². The van der Waals surface area contributed by atoms with E-state index in [2.05, 4.69) is 20.4 Å². The largest absolute Gasteiger partial charge is 0.392 e. The number of nitrogens with zero attached hydrogens (tertiary/aromatic N) is 2. The molecule has 1 saturated carbocycles. The predicted molar refractivity (Wildman–Crippen MR) is 123 cm³/mol. The number of benzene rings is 1. The number of aliphatic hydroxyl groups excluding tert-OH is 1. The van der Waals surface area contributed by atoms with Crippen LogP contribution < -0.4 is 10.6 Å². The summed E-state index contributed by atoms with van der Waals surface area (Å²) in [4.78, 5) is 17.9. The molecule has 2 aliphatic rings. The van der Waals surface area contributed by atoms with E-state index in [4.69, 9.17) is 0 Å². The lowest BCUT2D eigenvalue weighted by Gasteiger charge is -2.45. The molecule has 2 fully saturated rings. The number of para-hydroxylation sites is 1. The minimum atomic E-state index is -0.474. The molecule has 0 unspecified atom stereocenters. The van der Waals surface area contributed by atoms with Crippen molar-refractivity contribution in [2.45, 2.75) is 70.1 Å². The van der Waals surface area contributed by atoms with Gasteiger partial charge in [-0.05, 0) is 64.8 Å². The fourth-order valence-electron chi connectivity index (χ4n) is 5.02. The SMILES string of the molecule is Cc1cccc(C)c1NC(=O)C1(N(C)C)CCN(CCN[C@@H]2CCCC[C@H]2O)CC1. The monoisotopic (exact) mass is 416 g/mol. The van der Waals surface area contributed by atoms with E-state index in [1.165, 1.54) is 6.42 Å². The van der Waals surface area contributed by atoms with Crippen LogP contribution in [0, 0.1) is 13.8 Å². The van der Waals surface area contributed by atoms with Gasteiger partial charge in [0, 0.05) is 37.9 Å². The summed E-state index contributed by atoms with van der Waals surface area (Å²) < 4.78 is 0. The molecule has 1 saturated heterocycles. The Morgan fingerprint density at radius 2 is 1.80 bits per heavy atom. The van der Waals surface area contributed by atoms with E-state index < -0.39 is 5.54 Å². The van der Waals surface area contributed by atoms with Crippen LogP contribution >= 0.6 is 0 Å². The molecule has 3 rings (SSSR count). The zero-order valence-electron chi connectivity index (χ0n) is 19.2. The number of carbonyl (C=O) groups is 1. The molecular weight excluding hydrogens is 376 g/mol. The minimum absolute atomic E-state index is 0.105. The Labute approximate surface area is 182 Å². The molecule has 0 bridgehead atoms. The van der Waals surface area contributed by atoms with Gasteiger partial charge in [-0.2, -0.15) is 0 Å². The van der Waals surface area contributed by atoms with Crippen molar-refractivity contribution < 1.29 is 9.90 Å². The van der Waals surface area contributed by atoms with Crippen LogP contribution in [0.4, 0.5) is 5.69 Å². The third-order valence-corrected chi connectivity index (χ3v) is 7.25. The molecule has 168 valence electrons. The second-order valence-electron chi connectivity index (χ2n) is 9.40. The second-order valence-corrected chi connectivity index (χ2v) is 9.40. The van der Waals surface area contributed by atoms with Crippen molar-refractivity contribution in [2.75, 3.05) is 45.6 Å². The maximum Gasteiger partial charge on any atom is 0.244 e. The Kier molecular flexibility index (Phi) is 7.91. The lowest BCUT2D eigenvalue weighted by Crippen LogP contribution is -2.60. The van der Waals surface area contributed by atoms with Crippen molar-refractivity contribution in [3.63, 3.8) is 0 Å². The second kappa shape index (κ2) is 10.2. The minimum Gasteiger partial charge on any atom is -0.392 e. The van der Waals surface area contributed by atoms with Gasteiger partial charge in [0.25, 0.3) is 0 Å². The van der Waals surface area contributed by atoms with Crippen LogP contribution in [0.2, 0.25) is 0 Å². The number of aliphatic hydroxyl groups is 1. The van der Waals surface area contributed by atoms with E-state index >= 15 is 0 Å². The van der Waals surface area contributed by atoms with Crippen molar-refractivity contribution in [3.05, 3.63) is 29.3 Å². The number of aryl methyl sites for hydroxylation is 2. The Bertz CT molecular complexity index is 693. The molecule has 6 heteroatoms. The Balaban J connectivity index is 1.54. The van der Waals surface area contributed by atoms with E-state index in [0.29, 0.717) is 0 Å². The third kappa shape index (κ3) is 5.22. The smallest absolute Gasteiger partial charge is 0.244 e. The summed E-state index contributed by atoms with van der Waals surface area (Å²) in [5.41, 5.74) is 2.68. The molecule has 1 heterocycles. The molecular formula is C24H40N4O2. The molecule has 1 aliphatic carbocycles.